The van der Waals surface area contributed by atoms with Crippen molar-refractivity contribution in [1.82, 2.24) is 9.88 Å². The molecule has 0 spiro atoms. The summed E-state index contributed by atoms with van der Waals surface area (Å²) in [6, 6.07) is 10.5. The molecule has 0 saturated carbocycles. The lowest BCUT2D eigenvalue weighted by molar-refractivity contribution is -0.137. The molecule has 1 saturated heterocycles. The number of nitrogens with zero attached hydrogens (tertiary/aromatic N) is 2. The van der Waals surface area contributed by atoms with Gasteiger partial charge in [-0.25, -0.2) is 4.79 Å². The zero-order valence-corrected chi connectivity index (χ0v) is 15.9. The minimum Gasteiger partial charge on any atom is -0.394 e. The first-order valence-corrected chi connectivity index (χ1v) is 9.19. The molecule has 1 fully saturated rings. The Morgan fingerprint density at radius 3 is 2.57 bits per heavy atom. The third-order valence-electron chi connectivity index (χ3n) is 5.22. The molecule has 156 valence electrons. The van der Waals surface area contributed by atoms with Crippen molar-refractivity contribution in [2.24, 2.45) is 0 Å². The average Bonchev–Trinajstić information content (AvgIpc) is 3.01. The topological polar surface area (TPSA) is 76.6 Å². The lowest BCUT2D eigenvalue weighted by Crippen LogP contribution is -2.36. The molecule has 2 aromatic carbocycles. The first-order chi connectivity index (χ1) is 14.2. The molecule has 0 radical (unpaired) electrons. The van der Waals surface area contributed by atoms with Crippen LogP contribution in [0.2, 0.25) is 0 Å². The van der Waals surface area contributed by atoms with Crippen molar-refractivity contribution < 1.29 is 23.1 Å². The number of hydrogen-bond acceptors (Lipinski definition) is 3. The number of carbonyl (C=O) groups is 1. The summed E-state index contributed by atoms with van der Waals surface area (Å²) in [6.45, 7) is 0.106. The number of H-pyrrole nitrogens is 1. The number of urea groups is 1. The van der Waals surface area contributed by atoms with Crippen LogP contribution in [0.1, 0.15) is 5.56 Å². The Hall–Kier alpha value is -3.33. The monoisotopic (exact) mass is 417 g/mol. The highest BCUT2D eigenvalue weighted by Crippen LogP contribution is 2.36. The van der Waals surface area contributed by atoms with Gasteiger partial charge in [0.15, 0.2) is 0 Å². The molecule has 3 aromatic rings. The molecule has 1 aliphatic heterocycles. The van der Waals surface area contributed by atoms with Gasteiger partial charge in [0.1, 0.15) is 0 Å². The summed E-state index contributed by atoms with van der Waals surface area (Å²) in [5.41, 5.74) is -1.04. The number of hydrogen-bond donors (Lipinski definition) is 2. The first kappa shape index (κ1) is 20.0. The highest BCUT2D eigenvalue weighted by atomic mass is 19.4. The number of carbonyl (C=O) groups excluding carboxylic acids is 1. The Kier molecular flexibility index (Phi) is 4.77. The van der Waals surface area contributed by atoms with Gasteiger partial charge < -0.3 is 15.0 Å². The van der Waals surface area contributed by atoms with Gasteiger partial charge in [-0.3, -0.25) is 9.69 Å². The molecular weight excluding hydrogens is 399 g/mol. The van der Waals surface area contributed by atoms with E-state index >= 15 is 0 Å². The third-order valence-corrected chi connectivity index (χ3v) is 5.22. The second-order valence-corrected chi connectivity index (χ2v) is 7.20. The van der Waals surface area contributed by atoms with Gasteiger partial charge in [-0.2, -0.15) is 13.2 Å². The van der Waals surface area contributed by atoms with E-state index in [-0.39, 0.29) is 29.3 Å². The maximum atomic E-state index is 13.4. The molecule has 9 heteroatoms. The number of aromatic nitrogens is 1. The van der Waals surface area contributed by atoms with Crippen molar-refractivity contribution in [3.63, 3.8) is 0 Å². The molecule has 1 atom stereocenters. The van der Waals surface area contributed by atoms with Crippen molar-refractivity contribution in [3.05, 3.63) is 64.4 Å². The van der Waals surface area contributed by atoms with Gasteiger partial charge in [0.2, 0.25) is 0 Å². The molecule has 1 aromatic heterocycles. The Balaban J connectivity index is 1.82. The number of aliphatic hydroxyl groups is 1. The van der Waals surface area contributed by atoms with Crippen LogP contribution in [0, 0.1) is 0 Å². The third kappa shape index (κ3) is 3.30. The van der Waals surface area contributed by atoms with E-state index in [1.807, 2.05) is 0 Å². The molecular formula is C21H18F3N3O3. The second-order valence-electron chi connectivity index (χ2n) is 7.20. The van der Waals surface area contributed by atoms with Gasteiger partial charge in [-0.15, -0.1) is 0 Å². The number of rotatable bonds is 3. The molecule has 1 unspecified atom stereocenters. The van der Waals surface area contributed by atoms with Crippen LogP contribution >= 0.6 is 0 Å². The Morgan fingerprint density at radius 1 is 1.13 bits per heavy atom. The van der Waals surface area contributed by atoms with Crippen LogP contribution in [0.5, 0.6) is 0 Å². The number of likely N-dealkylation sites (N-methyl/N-ethyl adjacent to an activating group) is 1. The summed E-state index contributed by atoms with van der Waals surface area (Å²) in [6.07, 6.45) is -4.56. The Morgan fingerprint density at radius 2 is 1.87 bits per heavy atom. The van der Waals surface area contributed by atoms with Gasteiger partial charge in [-0.05, 0) is 29.7 Å². The van der Waals surface area contributed by atoms with Crippen LogP contribution in [0.3, 0.4) is 0 Å². The number of anilines is 1. The van der Waals surface area contributed by atoms with Crippen LogP contribution in [0.25, 0.3) is 22.0 Å². The number of aliphatic hydroxyl groups excluding tert-OH is 1. The fourth-order valence-electron chi connectivity index (χ4n) is 3.78. The van der Waals surface area contributed by atoms with E-state index in [4.69, 9.17) is 0 Å². The molecule has 1 aliphatic rings. The number of benzene rings is 2. The van der Waals surface area contributed by atoms with E-state index < -0.39 is 23.3 Å². The summed E-state index contributed by atoms with van der Waals surface area (Å²) in [5, 5.41) is 10.3. The van der Waals surface area contributed by atoms with Gasteiger partial charge in [-0.1, -0.05) is 24.3 Å². The van der Waals surface area contributed by atoms with E-state index in [1.165, 1.54) is 40.1 Å². The van der Waals surface area contributed by atoms with Crippen LogP contribution in [0.4, 0.5) is 23.7 Å². The number of fused-ring (bicyclic) bond motifs is 1. The lowest BCUT2D eigenvalue weighted by atomic mass is 10.0. The van der Waals surface area contributed by atoms with Gasteiger partial charge >= 0.3 is 12.2 Å². The Labute approximate surface area is 169 Å². The first-order valence-electron chi connectivity index (χ1n) is 9.19. The van der Waals surface area contributed by atoms with Gasteiger partial charge in [0.25, 0.3) is 5.56 Å². The molecule has 6 nitrogen and oxygen atoms in total. The number of halogens is 3. The lowest BCUT2D eigenvalue weighted by Gasteiger charge is -2.22. The molecule has 2 heterocycles. The number of amides is 2. The minimum atomic E-state index is -4.56. The maximum Gasteiger partial charge on any atom is 0.417 e. The number of alkyl halides is 3. The maximum absolute atomic E-state index is 13.4. The van der Waals surface area contributed by atoms with Crippen molar-refractivity contribution >= 4 is 22.5 Å². The van der Waals surface area contributed by atoms with E-state index in [9.17, 15) is 27.9 Å². The fourth-order valence-corrected chi connectivity index (χ4v) is 3.78. The largest absolute Gasteiger partial charge is 0.417 e. The van der Waals surface area contributed by atoms with Gasteiger partial charge in [0.05, 0.1) is 18.2 Å². The average molecular weight is 417 g/mol. The quantitative estimate of drug-likeness (QED) is 0.686. The molecule has 30 heavy (non-hydrogen) atoms. The Bertz CT molecular complexity index is 1190. The van der Waals surface area contributed by atoms with E-state index in [0.29, 0.717) is 17.6 Å². The SMILES string of the molecule is CN1CC(CO)N(c2ccc3cc(-c4ccccc4C(F)(F)F)[nH]c(=O)c3c2)C1=O. The zero-order valence-electron chi connectivity index (χ0n) is 15.9. The smallest absolute Gasteiger partial charge is 0.394 e. The van der Waals surface area contributed by atoms with Crippen LogP contribution in [0.15, 0.2) is 53.3 Å². The van der Waals surface area contributed by atoms with Crippen LogP contribution < -0.4 is 10.5 Å². The summed E-state index contributed by atoms with van der Waals surface area (Å²) in [5.74, 6) is 0. The predicted molar refractivity (Wildman–Crippen MR) is 106 cm³/mol. The number of nitrogens with one attached hydrogen (secondary N) is 1. The summed E-state index contributed by atoms with van der Waals surface area (Å²) < 4.78 is 40.1. The molecule has 2 amide bonds. The van der Waals surface area contributed by atoms with Crippen molar-refractivity contribution in [1.29, 1.82) is 0 Å². The fraction of sp³-hybridized carbons (Fsp3) is 0.238. The van der Waals surface area contributed by atoms with E-state index in [2.05, 4.69) is 4.98 Å². The standard InChI is InChI=1S/C21H18F3N3O3/c1-26-10-14(11-28)27(20(26)30)13-7-6-12-8-18(25-19(29)16(12)9-13)15-4-2-3-5-17(15)21(22,23)24/h2-9,14,28H,10-11H2,1H3,(H,25,29). The highest BCUT2D eigenvalue weighted by molar-refractivity contribution is 5.98. The molecule has 2 N–H and O–H groups in total. The minimum absolute atomic E-state index is 0.0541. The second kappa shape index (κ2) is 7.17. The van der Waals surface area contributed by atoms with Gasteiger partial charge in [0, 0.05) is 35.9 Å². The zero-order chi connectivity index (χ0) is 21.6. The summed E-state index contributed by atoms with van der Waals surface area (Å²) >= 11 is 0. The van der Waals surface area contributed by atoms with Crippen molar-refractivity contribution in [3.8, 4) is 11.3 Å². The van der Waals surface area contributed by atoms with Crippen molar-refractivity contribution in [2.75, 3.05) is 25.1 Å². The highest BCUT2D eigenvalue weighted by Gasteiger charge is 2.36. The van der Waals surface area contributed by atoms with Crippen LogP contribution in [-0.2, 0) is 6.18 Å². The normalized spacial score (nSPS) is 17.2. The molecule has 0 bridgehead atoms. The summed E-state index contributed by atoms with van der Waals surface area (Å²) in [4.78, 5) is 30.5. The van der Waals surface area contributed by atoms with E-state index in [1.54, 1.807) is 19.2 Å². The molecule has 4 rings (SSSR count). The van der Waals surface area contributed by atoms with E-state index in [0.717, 1.165) is 6.07 Å². The molecule has 0 aliphatic carbocycles. The summed E-state index contributed by atoms with van der Waals surface area (Å²) in [7, 11) is 1.61. The van der Waals surface area contributed by atoms with Crippen molar-refractivity contribution in [2.45, 2.75) is 12.2 Å². The number of aromatic amines is 1. The number of pyridine rings is 1. The van der Waals surface area contributed by atoms with Crippen LogP contribution in [-0.4, -0.2) is 47.3 Å². The predicted octanol–water partition coefficient (Wildman–Crippen LogP) is 3.45.